The molecule has 1 heterocycles. The molecule has 0 unspecified atom stereocenters. The van der Waals surface area contributed by atoms with Crippen LogP contribution in [0.1, 0.15) is 18.1 Å². The van der Waals surface area contributed by atoms with E-state index in [0.29, 0.717) is 5.56 Å². The van der Waals surface area contributed by atoms with E-state index in [0.717, 1.165) is 17.3 Å². The number of aryl methyl sites for hydroxylation is 1. The third kappa shape index (κ3) is 1.45. The summed E-state index contributed by atoms with van der Waals surface area (Å²) in [6.45, 7) is 2.09. The maximum absolute atomic E-state index is 8.75. The monoisotopic (exact) mass is 182 g/mol. The highest BCUT2D eigenvalue weighted by Gasteiger charge is 1.97. The first-order valence-corrected chi connectivity index (χ1v) is 4.62. The molecule has 0 atom stereocenters. The van der Waals surface area contributed by atoms with Crippen molar-refractivity contribution < 1.29 is 0 Å². The number of nitrogens with zero attached hydrogens (tertiary/aromatic N) is 2. The van der Waals surface area contributed by atoms with Gasteiger partial charge in [0.05, 0.1) is 17.1 Å². The van der Waals surface area contributed by atoms with E-state index in [4.69, 9.17) is 5.26 Å². The molecule has 0 saturated carbocycles. The quantitative estimate of drug-likeness (QED) is 0.679. The molecule has 0 saturated heterocycles. The fourth-order valence-corrected chi connectivity index (χ4v) is 1.44. The summed E-state index contributed by atoms with van der Waals surface area (Å²) >= 11 is 0. The van der Waals surface area contributed by atoms with Crippen molar-refractivity contribution in [2.75, 3.05) is 0 Å². The van der Waals surface area contributed by atoms with Gasteiger partial charge in [-0.2, -0.15) is 5.26 Å². The fourth-order valence-electron chi connectivity index (χ4n) is 1.44. The minimum atomic E-state index is 0.688. The van der Waals surface area contributed by atoms with Crippen LogP contribution >= 0.6 is 0 Å². The number of hydrogen-bond donors (Lipinski definition) is 0. The van der Waals surface area contributed by atoms with Gasteiger partial charge in [-0.3, -0.25) is 4.98 Å². The first-order valence-electron chi connectivity index (χ1n) is 4.62. The van der Waals surface area contributed by atoms with Gasteiger partial charge in [-0.1, -0.05) is 6.92 Å². The Morgan fingerprint density at radius 1 is 1.36 bits per heavy atom. The Kier molecular flexibility index (Phi) is 2.16. The van der Waals surface area contributed by atoms with Gasteiger partial charge in [-0.05, 0) is 36.2 Å². The van der Waals surface area contributed by atoms with Crippen molar-refractivity contribution in [3.05, 3.63) is 41.6 Å². The molecule has 1 aromatic heterocycles. The van der Waals surface area contributed by atoms with Crippen molar-refractivity contribution in [3.8, 4) is 6.07 Å². The lowest BCUT2D eigenvalue weighted by atomic mass is 10.1. The van der Waals surface area contributed by atoms with Gasteiger partial charge in [0.2, 0.25) is 0 Å². The second-order valence-electron chi connectivity index (χ2n) is 3.22. The molecule has 0 N–H and O–H groups in total. The molecule has 0 amide bonds. The summed E-state index contributed by atoms with van der Waals surface area (Å²) in [5.41, 5.74) is 2.83. The zero-order chi connectivity index (χ0) is 9.97. The summed E-state index contributed by atoms with van der Waals surface area (Å²) in [6, 6.07) is 9.77. The first-order chi connectivity index (χ1) is 6.83. The van der Waals surface area contributed by atoms with Gasteiger partial charge in [-0.15, -0.1) is 0 Å². The Morgan fingerprint density at radius 2 is 2.21 bits per heavy atom. The second kappa shape index (κ2) is 3.47. The average Bonchev–Trinajstić information content (AvgIpc) is 2.27. The van der Waals surface area contributed by atoms with E-state index >= 15 is 0 Å². The largest absolute Gasteiger partial charge is 0.256 e. The van der Waals surface area contributed by atoms with Crippen LogP contribution in [0, 0.1) is 11.3 Å². The molecule has 1 aromatic carbocycles. The molecule has 0 aliphatic heterocycles. The van der Waals surface area contributed by atoms with E-state index in [1.54, 1.807) is 6.07 Å². The van der Waals surface area contributed by atoms with Crippen LogP contribution in [0.2, 0.25) is 0 Å². The summed E-state index contributed by atoms with van der Waals surface area (Å²) in [4.78, 5) is 4.32. The predicted octanol–water partition coefficient (Wildman–Crippen LogP) is 2.67. The average molecular weight is 182 g/mol. The van der Waals surface area contributed by atoms with Gasteiger partial charge in [0.15, 0.2) is 0 Å². The van der Waals surface area contributed by atoms with E-state index in [1.807, 2.05) is 18.3 Å². The van der Waals surface area contributed by atoms with Crippen molar-refractivity contribution in [1.82, 2.24) is 4.98 Å². The Bertz CT molecular complexity index is 509. The van der Waals surface area contributed by atoms with Gasteiger partial charge in [-0.25, -0.2) is 0 Å². The molecule has 14 heavy (non-hydrogen) atoms. The van der Waals surface area contributed by atoms with Crippen LogP contribution in [0.4, 0.5) is 0 Å². The van der Waals surface area contributed by atoms with Gasteiger partial charge >= 0.3 is 0 Å². The number of rotatable bonds is 1. The van der Waals surface area contributed by atoms with Crippen LogP contribution in [0.5, 0.6) is 0 Å². The van der Waals surface area contributed by atoms with Crippen LogP contribution in [-0.4, -0.2) is 4.98 Å². The fraction of sp³-hybridized carbons (Fsp3) is 0.167. The first kappa shape index (κ1) is 8.71. The summed E-state index contributed by atoms with van der Waals surface area (Å²) in [5, 5.41) is 9.80. The topological polar surface area (TPSA) is 36.7 Å². The molecule has 0 bridgehead atoms. The molecular weight excluding hydrogens is 172 g/mol. The van der Waals surface area contributed by atoms with Crippen LogP contribution in [0.25, 0.3) is 10.9 Å². The third-order valence-corrected chi connectivity index (χ3v) is 2.28. The van der Waals surface area contributed by atoms with Crippen molar-refractivity contribution in [1.29, 1.82) is 5.26 Å². The number of pyridine rings is 1. The summed E-state index contributed by atoms with van der Waals surface area (Å²) in [7, 11) is 0. The lowest BCUT2D eigenvalue weighted by molar-refractivity contribution is 1.12. The SMILES string of the molecule is CCc1cnc2ccc(C#N)cc2c1. The molecule has 2 heteroatoms. The lowest BCUT2D eigenvalue weighted by Crippen LogP contribution is -1.85. The number of hydrogen-bond acceptors (Lipinski definition) is 2. The number of fused-ring (bicyclic) bond motifs is 1. The number of aromatic nitrogens is 1. The Morgan fingerprint density at radius 3 is 2.93 bits per heavy atom. The summed E-state index contributed by atoms with van der Waals surface area (Å²) < 4.78 is 0. The molecule has 0 radical (unpaired) electrons. The molecule has 68 valence electrons. The molecular formula is C12H10N2. The minimum Gasteiger partial charge on any atom is -0.256 e. The maximum Gasteiger partial charge on any atom is 0.0991 e. The minimum absolute atomic E-state index is 0.688. The normalized spacial score (nSPS) is 10.0. The van der Waals surface area contributed by atoms with Gasteiger partial charge in [0.1, 0.15) is 0 Å². The third-order valence-electron chi connectivity index (χ3n) is 2.28. The molecule has 2 nitrogen and oxygen atoms in total. The van der Waals surface area contributed by atoms with Crippen LogP contribution in [0.3, 0.4) is 0 Å². The molecule has 0 aliphatic rings. The molecule has 0 aliphatic carbocycles. The van der Waals surface area contributed by atoms with Crippen LogP contribution in [-0.2, 0) is 6.42 Å². The standard InChI is InChI=1S/C12H10N2/c1-2-9-5-11-6-10(7-13)3-4-12(11)14-8-9/h3-6,8H,2H2,1H3. The van der Waals surface area contributed by atoms with Crippen molar-refractivity contribution >= 4 is 10.9 Å². The molecule has 2 rings (SSSR count). The highest BCUT2D eigenvalue weighted by Crippen LogP contribution is 2.15. The van der Waals surface area contributed by atoms with E-state index in [9.17, 15) is 0 Å². The van der Waals surface area contributed by atoms with E-state index < -0.39 is 0 Å². The number of nitriles is 1. The van der Waals surface area contributed by atoms with Crippen LogP contribution in [0.15, 0.2) is 30.5 Å². The van der Waals surface area contributed by atoms with Crippen molar-refractivity contribution in [2.24, 2.45) is 0 Å². The molecule has 0 spiro atoms. The van der Waals surface area contributed by atoms with E-state index in [2.05, 4.69) is 24.0 Å². The van der Waals surface area contributed by atoms with Gasteiger partial charge < -0.3 is 0 Å². The molecule has 0 fully saturated rings. The Balaban J connectivity index is 2.67. The molecule has 2 aromatic rings. The zero-order valence-corrected chi connectivity index (χ0v) is 7.99. The Labute approximate surface area is 82.8 Å². The van der Waals surface area contributed by atoms with E-state index in [1.165, 1.54) is 5.56 Å². The van der Waals surface area contributed by atoms with Crippen molar-refractivity contribution in [2.45, 2.75) is 13.3 Å². The summed E-state index contributed by atoms with van der Waals surface area (Å²) in [5.74, 6) is 0. The predicted molar refractivity (Wildman–Crippen MR) is 55.8 cm³/mol. The zero-order valence-electron chi connectivity index (χ0n) is 7.99. The van der Waals surface area contributed by atoms with Gasteiger partial charge in [0, 0.05) is 11.6 Å². The van der Waals surface area contributed by atoms with Crippen LogP contribution < -0.4 is 0 Å². The highest BCUT2D eigenvalue weighted by atomic mass is 14.6. The smallest absolute Gasteiger partial charge is 0.0991 e. The number of benzene rings is 1. The van der Waals surface area contributed by atoms with Crippen molar-refractivity contribution in [3.63, 3.8) is 0 Å². The summed E-state index contributed by atoms with van der Waals surface area (Å²) in [6.07, 6.45) is 2.86. The highest BCUT2D eigenvalue weighted by molar-refractivity contribution is 5.80. The second-order valence-corrected chi connectivity index (χ2v) is 3.22. The van der Waals surface area contributed by atoms with Gasteiger partial charge in [0.25, 0.3) is 0 Å². The lowest BCUT2D eigenvalue weighted by Gasteiger charge is -2.00. The van der Waals surface area contributed by atoms with E-state index in [-0.39, 0.29) is 0 Å². The Hall–Kier alpha value is -1.88. The maximum atomic E-state index is 8.75.